The zero-order valence-electron chi connectivity index (χ0n) is 9.53. The maximum Gasteiger partial charge on any atom is 0.112 e. The number of hydrogen-bond acceptors (Lipinski definition) is 3. The van der Waals surface area contributed by atoms with Crippen molar-refractivity contribution in [2.24, 2.45) is 0 Å². The van der Waals surface area contributed by atoms with Crippen LogP contribution in [0.1, 0.15) is 6.92 Å². The molecule has 2 rings (SSSR count). The Morgan fingerprint density at radius 2 is 2.18 bits per heavy atom. The Morgan fingerprint density at radius 1 is 1.35 bits per heavy atom. The summed E-state index contributed by atoms with van der Waals surface area (Å²) in [5, 5.41) is 0.946. The van der Waals surface area contributed by atoms with E-state index in [1.165, 1.54) is 0 Å². The second-order valence-corrected chi connectivity index (χ2v) is 5.33. The van der Waals surface area contributed by atoms with E-state index in [0.29, 0.717) is 0 Å². The van der Waals surface area contributed by atoms with E-state index in [2.05, 4.69) is 53.7 Å². The number of pyridine rings is 2. The predicted octanol–water partition coefficient (Wildman–Crippen LogP) is 3.61. The number of hydrogen-bond donors (Lipinski definition) is 0. The molecule has 0 radical (unpaired) electrons. The molecule has 0 spiro atoms. The molecule has 2 heterocycles. The van der Waals surface area contributed by atoms with Gasteiger partial charge in [-0.1, -0.05) is 15.9 Å². The highest BCUT2D eigenvalue weighted by molar-refractivity contribution is 9.10. The molecule has 2 aromatic heterocycles. The van der Waals surface area contributed by atoms with E-state index < -0.39 is 0 Å². The maximum atomic E-state index is 4.47. The van der Waals surface area contributed by atoms with Crippen molar-refractivity contribution in [3.8, 4) is 0 Å². The summed E-state index contributed by atoms with van der Waals surface area (Å²) in [5.41, 5.74) is 3.02. The fourth-order valence-electron chi connectivity index (χ4n) is 1.80. The highest BCUT2D eigenvalue weighted by Crippen LogP contribution is 2.25. The van der Waals surface area contributed by atoms with Crippen LogP contribution in [0, 0.1) is 0 Å². The molecule has 0 aliphatic heterocycles. The van der Waals surface area contributed by atoms with E-state index in [-0.39, 0.29) is 0 Å². The average Bonchev–Trinajstić information content (AvgIpc) is 2.35. The molecular weight excluding hydrogens is 346 g/mol. The average molecular weight is 359 g/mol. The first-order valence-corrected chi connectivity index (χ1v) is 7.39. The Kier molecular flexibility index (Phi) is 4.34. The SMILES string of the molecule is CCN(CCBr)c1ccnc2cc(Br)cnc12. The van der Waals surface area contributed by atoms with E-state index in [4.69, 9.17) is 0 Å². The molecule has 5 heteroatoms. The first-order chi connectivity index (χ1) is 8.26. The molecule has 0 unspecified atom stereocenters. The summed E-state index contributed by atoms with van der Waals surface area (Å²) in [6.45, 7) is 4.07. The molecule has 0 amide bonds. The highest BCUT2D eigenvalue weighted by Gasteiger charge is 2.09. The molecule has 0 N–H and O–H groups in total. The Bertz CT molecular complexity index is 516. The van der Waals surface area contributed by atoms with Crippen molar-refractivity contribution < 1.29 is 0 Å². The molecule has 3 nitrogen and oxygen atoms in total. The summed E-state index contributed by atoms with van der Waals surface area (Å²) in [6.07, 6.45) is 3.65. The van der Waals surface area contributed by atoms with E-state index in [0.717, 1.165) is 39.6 Å². The smallest absolute Gasteiger partial charge is 0.112 e. The minimum Gasteiger partial charge on any atom is -0.369 e. The summed E-state index contributed by atoms with van der Waals surface area (Å²) in [7, 11) is 0. The van der Waals surface area contributed by atoms with Crippen LogP contribution in [0.15, 0.2) is 29.0 Å². The monoisotopic (exact) mass is 357 g/mol. The van der Waals surface area contributed by atoms with Crippen LogP contribution in [0.4, 0.5) is 5.69 Å². The van der Waals surface area contributed by atoms with Crippen LogP contribution < -0.4 is 4.90 Å². The summed E-state index contributed by atoms with van der Waals surface area (Å²) in [6, 6.07) is 4.02. The fraction of sp³-hybridized carbons (Fsp3) is 0.333. The highest BCUT2D eigenvalue weighted by atomic mass is 79.9. The number of anilines is 1. The van der Waals surface area contributed by atoms with Crippen LogP contribution in [-0.2, 0) is 0 Å². The number of fused-ring (bicyclic) bond motifs is 1. The van der Waals surface area contributed by atoms with Gasteiger partial charge in [-0.05, 0) is 35.0 Å². The standard InChI is InChI=1S/C12H13Br2N3/c1-2-17(6-4-13)11-3-5-15-10-7-9(14)8-16-12(10)11/h3,5,7-8H,2,4,6H2,1H3. The third-order valence-electron chi connectivity index (χ3n) is 2.60. The quantitative estimate of drug-likeness (QED) is 0.781. The lowest BCUT2D eigenvalue weighted by Crippen LogP contribution is -2.25. The van der Waals surface area contributed by atoms with Crippen molar-refractivity contribution in [2.45, 2.75) is 6.92 Å². The zero-order valence-corrected chi connectivity index (χ0v) is 12.7. The van der Waals surface area contributed by atoms with Gasteiger partial charge in [-0.2, -0.15) is 0 Å². The summed E-state index contributed by atoms with van der Waals surface area (Å²) >= 11 is 6.90. The molecular formula is C12H13Br2N3. The van der Waals surface area contributed by atoms with Crippen LogP contribution in [-0.4, -0.2) is 28.4 Å². The second kappa shape index (κ2) is 5.78. The predicted molar refractivity (Wildman–Crippen MR) is 78.9 cm³/mol. The van der Waals surface area contributed by atoms with Gasteiger partial charge in [0, 0.05) is 35.3 Å². The number of rotatable bonds is 4. The lowest BCUT2D eigenvalue weighted by molar-refractivity contribution is 0.877. The number of alkyl halides is 1. The molecule has 0 aliphatic carbocycles. The second-order valence-electron chi connectivity index (χ2n) is 3.62. The van der Waals surface area contributed by atoms with Crippen LogP contribution in [0.2, 0.25) is 0 Å². The van der Waals surface area contributed by atoms with Gasteiger partial charge in [0.25, 0.3) is 0 Å². The van der Waals surface area contributed by atoms with Crippen molar-refractivity contribution in [2.75, 3.05) is 23.3 Å². The van der Waals surface area contributed by atoms with Gasteiger partial charge < -0.3 is 4.90 Å². The number of aromatic nitrogens is 2. The minimum atomic E-state index is 0.921. The van der Waals surface area contributed by atoms with E-state index in [1.807, 2.05) is 24.5 Å². The van der Waals surface area contributed by atoms with Gasteiger partial charge in [0.05, 0.1) is 11.2 Å². The maximum absolute atomic E-state index is 4.47. The first kappa shape index (κ1) is 12.8. The largest absolute Gasteiger partial charge is 0.369 e. The molecule has 0 atom stereocenters. The first-order valence-electron chi connectivity index (χ1n) is 5.47. The lowest BCUT2D eigenvalue weighted by atomic mass is 10.2. The van der Waals surface area contributed by atoms with E-state index in [1.54, 1.807) is 0 Å². The molecule has 17 heavy (non-hydrogen) atoms. The van der Waals surface area contributed by atoms with Crippen LogP contribution in [0.5, 0.6) is 0 Å². The molecule has 90 valence electrons. The third kappa shape index (κ3) is 2.77. The van der Waals surface area contributed by atoms with Crippen molar-refractivity contribution in [3.63, 3.8) is 0 Å². The minimum absolute atomic E-state index is 0.921. The summed E-state index contributed by atoms with van der Waals surface area (Å²) < 4.78 is 0.957. The topological polar surface area (TPSA) is 29.0 Å². The zero-order chi connectivity index (χ0) is 12.3. The van der Waals surface area contributed by atoms with Gasteiger partial charge in [0.1, 0.15) is 5.52 Å². The Hall–Kier alpha value is -0.680. The van der Waals surface area contributed by atoms with E-state index >= 15 is 0 Å². The molecule has 0 bridgehead atoms. The van der Waals surface area contributed by atoms with Gasteiger partial charge in [0.15, 0.2) is 0 Å². The molecule has 0 aromatic carbocycles. The summed E-state index contributed by atoms with van der Waals surface area (Å²) in [4.78, 5) is 11.1. The lowest BCUT2D eigenvalue weighted by Gasteiger charge is -2.22. The summed E-state index contributed by atoms with van der Waals surface area (Å²) in [5.74, 6) is 0. The molecule has 0 saturated carbocycles. The van der Waals surface area contributed by atoms with Crippen molar-refractivity contribution in [3.05, 3.63) is 29.0 Å². The van der Waals surface area contributed by atoms with Gasteiger partial charge in [-0.25, -0.2) is 0 Å². The van der Waals surface area contributed by atoms with Crippen LogP contribution in [0.3, 0.4) is 0 Å². The van der Waals surface area contributed by atoms with Gasteiger partial charge >= 0.3 is 0 Å². The number of halogens is 2. The normalized spacial score (nSPS) is 10.8. The molecule has 0 aliphatic rings. The van der Waals surface area contributed by atoms with Crippen molar-refractivity contribution >= 4 is 48.6 Å². The van der Waals surface area contributed by atoms with Crippen LogP contribution in [0.25, 0.3) is 11.0 Å². The fourth-order valence-corrected chi connectivity index (χ4v) is 2.54. The Labute approximate surface area is 118 Å². The molecule has 2 aromatic rings. The Morgan fingerprint density at radius 3 is 2.88 bits per heavy atom. The van der Waals surface area contributed by atoms with Crippen molar-refractivity contribution in [1.29, 1.82) is 0 Å². The number of nitrogens with zero attached hydrogens (tertiary/aromatic N) is 3. The van der Waals surface area contributed by atoms with Gasteiger partial charge in [-0.3, -0.25) is 9.97 Å². The third-order valence-corrected chi connectivity index (χ3v) is 3.39. The van der Waals surface area contributed by atoms with Gasteiger partial charge in [0.2, 0.25) is 0 Å². The molecule has 0 saturated heterocycles. The molecule has 0 fully saturated rings. The van der Waals surface area contributed by atoms with Gasteiger partial charge in [-0.15, -0.1) is 0 Å². The van der Waals surface area contributed by atoms with E-state index in [9.17, 15) is 0 Å². The van der Waals surface area contributed by atoms with Crippen LogP contribution >= 0.6 is 31.9 Å². The van der Waals surface area contributed by atoms with Crippen molar-refractivity contribution in [1.82, 2.24) is 9.97 Å². The Balaban J connectivity index is 2.53.